The van der Waals surface area contributed by atoms with E-state index in [0.29, 0.717) is 17.5 Å². The highest BCUT2D eigenvalue weighted by atomic mass is 16.5. The Morgan fingerprint density at radius 2 is 1.58 bits per heavy atom. The average Bonchev–Trinajstić information content (AvgIpc) is 3.27. The molecule has 4 aromatic rings. The molecule has 0 bridgehead atoms. The molecule has 0 unspecified atom stereocenters. The Balaban J connectivity index is 1.48. The number of Topliss-reactive ketones (excluding diaryl/α,β-unsaturated/α-hetero) is 1. The molecule has 0 atom stereocenters. The maximum atomic E-state index is 13.3. The number of ketones is 1. The SMILES string of the molecule is CC(C)(C)c1ccc(/C=C2\CCc3c2nc2ccccc2c3C(=O)OCC(=O)c2ccccc2)cc1. The molecule has 4 nitrogen and oxygen atoms in total. The van der Waals surface area contributed by atoms with E-state index >= 15 is 0 Å². The number of carbonyl (C=O) groups is 2. The lowest BCUT2D eigenvalue weighted by Gasteiger charge is -2.18. The molecule has 0 spiro atoms. The van der Waals surface area contributed by atoms with E-state index in [-0.39, 0.29) is 17.8 Å². The minimum atomic E-state index is -0.482. The van der Waals surface area contributed by atoms with Gasteiger partial charge in [-0.05, 0) is 52.7 Å². The molecule has 0 N–H and O–H groups in total. The molecule has 1 heterocycles. The van der Waals surface area contributed by atoms with E-state index in [4.69, 9.17) is 9.72 Å². The molecular weight excluding hydrogens is 446 g/mol. The summed E-state index contributed by atoms with van der Waals surface area (Å²) in [6.07, 6.45) is 3.66. The molecule has 4 heteroatoms. The highest BCUT2D eigenvalue weighted by Gasteiger charge is 2.28. The van der Waals surface area contributed by atoms with Crippen LogP contribution >= 0.6 is 0 Å². The number of rotatable bonds is 5. The van der Waals surface area contributed by atoms with Gasteiger partial charge in [-0.2, -0.15) is 0 Å². The maximum absolute atomic E-state index is 13.3. The van der Waals surface area contributed by atoms with E-state index in [1.165, 1.54) is 5.56 Å². The molecule has 3 aromatic carbocycles. The fraction of sp³-hybridized carbons (Fsp3) is 0.219. The van der Waals surface area contributed by atoms with Crippen molar-refractivity contribution in [1.29, 1.82) is 0 Å². The molecule has 0 fully saturated rings. The van der Waals surface area contributed by atoms with Crippen LogP contribution in [0.1, 0.15) is 70.3 Å². The number of nitrogens with zero attached hydrogens (tertiary/aromatic N) is 1. The zero-order valence-electron chi connectivity index (χ0n) is 20.9. The van der Waals surface area contributed by atoms with Crippen LogP contribution in [0.3, 0.4) is 0 Å². The number of carbonyl (C=O) groups excluding carboxylic acids is 2. The largest absolute Gasteiger partial charge is 0.454 e. The number of aromatic nitrogens is 1. The lowest BCUT2D eigenvalue weighted by Crippen LogP contribution is -2.16. The van der Waals surface area contributed by atoms with Gasteiger partial charge >= 0.3 is 5.97 Å². The molecule has 5 rings (SSSR count). The van der Waals surface area contributed by atoms with E-state index in [0.717, 1.165) is 39.7 Å². The standard InChI is InChI=1S/C32H29NO3/c1-32(2,3)24-16-13-21(14-17-24)19-23-15-18-26-29(25-11-7-8-12-27(25)33-30(23)26)31(35)36-20-28(34)22-9-5-4-6-10-22/h4-14,16-17,19H,15,18,20H2,1-3H3/b23-19+. The molecule has 0 saturated heterocycles. The van der Waals surface area contributed by atoms with Crippen LogP contribution < -0.4 is 0 Å². The van der Waals surface area contributed by atoms with Crippen LogP contribution in [0.5, 0.6) is 0 Å². The van der Waals surface area contributed by atoms with Crippen molar-refractivity contribution in [3.8, 4) is 0 Å². The van der Waals surface area contributed by atoms with Gasteiger partial charge in [0.05, 0.1) is 16.8 Å². The third-order valence-corrected chi connectivity index (χ3v) is 6.69. The van der Waals surface area contributed by atoms with Gasteiger partial charge in [-0.3, -0.25) is 4.79 Å². The fourth-order valence-corrected chi connectivity index (χ4v) is 4.70. The predicted molar refractivity (Wildman–Crippen MR) is 144 cm³/mol. The minimum absolute atomic E-state index is 0.100. The van der Waals surface area contributed by atoms with Crippen LogP contribution in [0.4, 0.5) is 0 Å². The summed E-state index contributed by atoms with van der Waals surface area (Å²) in [6.45, 7) is 6.32. The first-order chi connectivity index (χ1) is 17.3. The second kappa shape index (κ2) is 9.54. The number of esters is 1. The van der Waals surface area contributed by atoms with Crippen LogP contribution in [0, 0.1) is 0 Å². The molecule has 1 aliphatic carbocycles. The molecule has 0 amide bonds. The van der Waals surface area contributed by atoms with Crippen LogP contribution in [0.2, 0.25) is 0 Å². The summed E-state index contributed by atoms with van der Waals surface area (Å²) in [5.74, 6) is -0.705. The number of hydrogen-bond donors (Lipinski definition) is 0. The van der Waals surface area contributed by atoms with Crippen LogP contribution in [0.15, 0.2) is 78.9 Å². The van der Waals surface area contributed by atoms with Crippen LogP contribution in [-0.4, -0.2) is 23.3 Å². The van der Waals surface area contributed by atoms with E-state index in [1.54, 1.807) is 24.3 Å². The van der Waals surface area contributed by atoms with E-state index in [1.807, 2.05) is 30.3 Å². The van der Waals surface area contributed by atoms with Crippen molar-refractivity contribution >= 4 is 34.3 Å². The number of hydrogen-bond acceptors (Lipinski definition) is 4. The second-order valence-electron chi connectivity index (χ2n) is 10.2. The highest BCUT2D eigenvalue weighted by molar-refractivity contribution is 6.08. The van der Waals surface area contributed by atoms with Gasteiger partial charge in [0.1, 0.15) is 0 Å². The fourth-order valence-electron chi connectivity index (χ4n) is 4.70. The summed E-state index contributed by atoms with van der Waals surface area (Å²) in [6, 6.07) is 25.1. The Morgan fingerprint density at radius 1 is 0.889 bits per heavy atom. The Labute approximate surface area is 211 Å². The van der Waals surface area contributed by atoms with E-state index in [9.17, 15) is 9.59 Å². The third kappa shape index (κ3) is 4.72. The normalized spacial score (nSPS) is 14.1. The van der Waals surface area contributed by atoms with Gasteiger partial charge in [0.15, 0.2) is 12.4 Å². The number of benzene rings is 3. The van der Waals surface area contributed by atoms with Crippen molar-refractivity contribution < 1.29 is 14.3 Å². The van der Waals surface area contributed by atoms with Gasteiger partial charge in [-0.15, -0.1) is 0 Å². The molecular formula is C32H29NO3. The number of allylic oxidation sites excluding steroid dienone is 1. The first-order valence-corrected chi connectivity index (χ1v) is 12.3. The van der Waals surface area contributed by atoms with Crippen molar-refractivity contribution in [1.82, 2.24) is 4.98 Å². The molecule has 36 heavy (non-hydrogen) atoms. The number of ether oxygens (including phenoxy) is 1. The summed E-state index contributed by atoms with van der Waals surface area (Å²) in [5, 5.41) is 0.754. The molecule has 180 valence electrons. The molecule has 0 saturated carbocycles. The molecule has 0 aliphatic heterocycles. The zero-order chi connectivity index (χ0) is 25.3. The van der Waals surface area contributed by atoms with Crippen LogP contribution in [0.25, 0.3) is 22.6 Å². The minimum Gasteiger partial charge on any atom is -0.454 e. The van der Waals surface area contributed by atoms with Crippen LogP contribution in [-0.2, 0) is 16.6 Å². The Bertz CT molecular complexity index is 1480. The number of fused-ring (bicyclic) bond motifs is 2. The Kier molecular flexibility index (Phi) is 6.27. The smallest absolute Gasteiger partial charge is 0.339 e. The van der Waals surface area contributed by atoms with Crippen molar-refractivity contribution in [2.75, 3.05) is 6.61 Å². The van der Waals surface area contributed by atoms with E-state index < -0.39 is 5.97 Å². The lowest BCUT2D eigenvalue weighted by molar-refractivity contribution is 0.0475. The van der Waals surface area contributed by atoms with Gasteiger partial charge in [0.25, 0.3) is 0 Å². The maximum Gasteiger partial charge on any atom is 0.339 e. The number of para-hydroxylation sites is 1. The monoisotopic (exact) mass is 475 g/mol. The highest BCUT2D eigenvalue weighted by Crippen LogP contribution is 2.38. The molecule has 1 aromatic heterocycles. The zero-order valence-corrected chi connectivity index (χ0v) is 20.9. The van der Waals surface area contributed by atoms with Gasteiger partial charge in [0, 0.05) is 10.9 Å². The van der Waals surface area contributed by atoms with Gasteiger partial charge < -0.3 is 4.74 Å². The van der Waals surface area contributed by atoms with Gasteiger partial charge in [-0.25, -0.2) is 9.78 Å². The van der Waals surface area contributed by atoms with Crippen molar-refractivity contribution in [3.05, 3.63) is 112 Å². The van der Waals surface area contributed by atoms with E-state index in [2.05, 4.69) is 51.1 Å². The van der Waals surface area contributed by atoms with Crippen molar-refractivity contribution in [2.24, 2.45) is 0 Å². The van der Waals surface area contributed by atoms with Crippen molar-refractivity contribution in [2.45, 2.75) is 39.0 Å². The van der Waals surface area contributed by atoms with Gasteiger partial charge in [-0.1, -0.05) is 93.6 Å². The average molecular weight is 476 g/mol. The summed E-state index contributed by atoms with van der Waals surface area (Å²) in [4.78, 5) is 30.8. The Morgan fingerprint density at radius 3 is 2.31 bits per heavy atom. The summed E-state index contributed by atoms with van der Waals surface area (Å²) < 4.78 is 5.54. The Hall–Kier alpha value is -4.05. The van der Waals surface area contributed by atoms with Crippen molar-refractivity contribution in [3.63, 3.8) is 0 Å². The predicted octanol–water partition coefficient (Wildman–Crippen LogP) is 7.06. The summed E-state index contributed by atoms with van der Waals surface area (Å²) >= 11 is 0. The third-order valence-electron chi connectivity index (χ3n) is 6.69. The first kappa shape index (κ1) is 23.7. The topological polar surface area (TPSA) is 56.3 Å². The number of pyridine rings is 1. The quantitative estimate of drug-likeness (QED) is 0.229. The summed E-state index contributed by atoms with van der Waals surface area (Å²) in [5.41, 5.74) is 7.12. The first-order valence-electron chi connectivity index (χ1n) is 12.3. The lowest BCUT2D eigenvalue weighted by atomic mass is 9.86. The molecule has 0 radical (unpaired) electrons. The summed E-state index contributed by atoms with van der Waals surface area (Å²) in [7, 11) is 0. The second-order valence-corrected chi connectivity index (χ2v) is 10.2. The molecule has 1 aliphatic rings. The van der Waals surface area contributed by atoms with Gasteiger partial charge in [0.2, 0.25) is 0 Å².